The largest absolute Gasteiger partial charge is 0.496 e. The van der Waals surface area contributed by atoms with Crippen LogP contribution < -0.4 is 4.74 Å². The third kappa shape index (κ3) is 4.64. The highest BCUT2D eigenvalue weighted by Gasteiger charge is 2.27. The molecule has 0 aromatic heterocycles. The molecule has 1 heterocycles. The van der Waals surface area contributed by atoms with Gasteiger partial charge in [-0.2, -0.15) is 0 Å². The average molecular weight is 370 g/mol. The standard InChI is InChI=1S/C21H23FN2O3/c1-27-19-9-5-3-6-16(19)10-11-20(25)24-13-12-23(21(26)15-24)14-17-7-2-4-8-18(17)22/h2-9H,10-15H2,1H3. The van der Waals surface area contributed by atoms with Crippen molar-refractivity contribution < 1.29 is 18.7 Å². The van der Waals surface area contributed by atoms with Crippen LogP contribution in [-0.4, -0.2) is 48.4 Å². The van der Waals surface area contributed by atoms with Crippen LogP contribution in [0.1, 0.15) is 17.5 Å². The number of carbonyl (C=O) groups is 2. The first-order valence-electron chi connectivity index (χ1n) is 8.99. The second kappa shape index (κ2) is 8.66. The van der Waals surface area contributed by atoms with Crippen molar-refractivity contribution in [1.29, 1.82) is 0 Å². The van der Waals surface area contributed by atoms with Gasteiger partial charge in [-0.1, -0.05) is 36.4 Å². The van der Waals surface area contributed by atoms with E-state index in [4.69, 9.17) is 4.74 Å². The van der Waals surface area contributed by atoms with Crippen molar-refractivity contribution in [2.45, 2.75) is 19.4 Å². The minimum Gasteiger partial charge on any atom is -0.496 e. The molecule has 1 saturated heterocycles. The molecule has 0 N–H and O–H groups in total. The summed E-state index contributed by atoms with van der Waals surface area (Å²) in [4.78, 5) is 28.1. The summed E-state index contributed by atoms with van der Waals surface area (Å²) >= 11 is 0. The van der Waals surface area contributed by atoms with Gasteiger partial charge in [-0.3, -0.25) is 9.59 Å². The lowest BCUT2D eigenvalue weighted by molar-refractivity contribution is -0.145. The van der Waals surface area contributed by atoms with Crippen LogP contribution in [0.4, 0.5) is 4.39 Å². The van der Waals surface area contributed by atoms with E-state index in [0.717, 1.165) is 11.3 Å². The zero-order valence-electron chi connectivity index (χ0n) is 15.4. The maximum absolute atomic E-state index is 13.8. The van der Waals surface area contributed by atoms with Gasteiger partial charge >= 0.3 is 0 Å². The van der Waals surface area contributed by atoms with Crippen LogP contribution in [0.3, 0.4) is 0 Å². The lowest BCUT2D eigenvalue weighted by atomic mass is 10.1. The molecule has 27 heavy (non-hydrogen) atoms. The first-order chi connectivity index (χ1) is 13.1. The van der Waals surface area contributed by atoms with Crippen LogP contribution in [0.2, 0.25) is 0 Å². The summed E-state index contributed by atoms with van der Waals surface area (Å²) in [7, 11) is 1.61. The van der Waals surface area contributed by atoms with E-state index < -0.39 is 0 Å². The molecule has 2 aromatic carbocycles. The van der Waals surface area contributed by atoms with Crippen molar-refractivity contribution in [1.82, 2.24) is 9.80 Å². The molecule has 2 aromatic rings. The number of ether oxygens (including phenoxy) is 1. The Hall–Kier alpha value is -2.89. The fourth-order valence-electron chi connectivity index (χ4n) is 3.23. The highest BCUT2D eigenvalue weighted by atomic mass is 19.1. The van der Waals surface area contributed by atoms with Gasteiger partial charge in [0.05, 0.1) is 13.7 Å². The molecule has 5 nitrogen and oxygen atoms in total. The van der Waals surface area contributed by atoms with Gasteiger partial charge in [0.25, 0.3) is 0 Å². The number of hydrogen-bond donors (Lipinski definition) is 0. The normalized spacial score (nSPS) is 14.4. The number of amides is 2. The van der Waals surface area contributed by atoms with E-state index in [2.05, 4.69) is 0 Å². The summed E-state index contributed by atoms with van der Waals surface area (Å²) in [5.74, 6) is 0.228. The number of hydrogen-bond acceptors (Lipinski definition) is 3. The monoisotopic (exact) mass is 370 g/mol. The number of benzene rings is 2. The van der Waals surface area contributed by atoms with E-state index in [9.17, 15) is 14.0 Å². The van der Waals surface area contributed by atoms with Crippen LogP contribution in [0.25, 0.3) is 0 Å². The van der Waals surface area contributed by atoms with E-state index in [1.54, 1.807) is 35.1 Å². The quantitative estimate of drug-likeness (QED) is 0.786. The molecule has 0 aliphatic carbocycles. The van der Waals surface area contributed by atoms with Gasteiger partial charge in [-0.05, 0) is 24.1 Å². The number of aryl methyl sites for hydroxylation is 1. The van der Waals surface area contributed by atoms with Crippen molar-refractivity contribution in [2.24, 2.45) is 0 Å². The van der Waals surface area contributed by atoms with Gasteiger partial charge in [-0.15, -0.1) is 0 Å². The Morgan fingerprint density at radius 2 is 1.78 bits per heavy atom. The molecule has 2 amide bonds. The maximum atomic E-state index is 13.8. The van der Waals surface area contributed by atoms with Gasteiger partial charge in [-0.25, -0.2) is 4.39 Å². The Bertz CT molecular complexity index is 825. The molecule has 0 radical (unpaired) electrons. The van der Waals surface area contributed by atoms with E-state index in [-0.39, 0.29) is 30.7 Å². The predicted molar refractivity (Wildman–Crippen MR) is 99.7 cm³/mol. The van der Waals surface area contributed by atoms with Crippen molar-refractivity contribution in [3.63, 3.8) is 0 Å². The minimum atomic E-state index is -0.319. The molecule has 1 aliphatic heterocycles. The highest BCUT2D eigenvalue weighted by molar-refractivity contribution is 5.86. The van der Waals surface area contributed by atoms with Gasteiger partial charge in [0, 0.05) is 31.6 Å². The lowest BCUT2D eigenvalue weighted by Crippen LogP contribution is -2.51. The lowest BCUT2D eigenvalue weighted by Gasteiger charge is -2.34. The number of piperazine rings is 1. The molecule has 6 heteroatoms. The Labute approximate surface area is 158 Å². The van der Waals surface area contributed by atoms with Gasteiger partial charge in [0.15, 0.2) is 0 Å². The molecule has 0 bridgehead atoms. The Morgan fingerprint density at radius 3 is 2.48 bits per heavy atom. The molecule has 1 aliphatic rings. The van der Waals surface area contributed by atoms with Crippen molar-refractivity contribution in [3.05, 3.63) is 65.5 Å². The summed E-state index contributed by atoms with van der Waals surface area (Å²) in [5, 5.41) is 0. The molecule has 0 atom stereocenters. The smallest absolute Gasteiger partial charge is 0.242 e. The second-order valence-electron chi connectivity index (χ2n) is 6.53. The number of rotatable bonds is 6. The van der Waals surface area contributed by atoms with Crippen LogP contribution in [0.5, 0.6) is 5.75 Å². The number of nitrogens with zero attached hydrogens (tertiary/aromatic N) is 2. The molecule has 1 fully saturated rings. The molecule has 0 spiro atoms. The molecular formula is C21H23FN2O3. The third-order valence-electron chi connectivity index (χ3n) is 4.79. The van der Waals surface area contributed by atoms with Crippen molar-refractivity contribution in [2.75, 3.05) is 26.7 Å². The fourth-order valence-corrected chi connectivity index (χ4v) is 3.23. The summed E-state index contributed by atoms with van der Waals surface area (Å²) in [5.41, 5.74) is 1.46. The Morgan fingerprint density at radius 1 is 1.07 bits per heavy atom. The maximum Gasteiger partial charge on any atom is 0.242 e. The summed E-state index contributed by atoms with van der Waals surface area (Å²) < 4.78 is 19.1. The van der Waals surface area contributed by atoms with Crippen LogP contribution in [-0.2, 0) is 22.6 Å². The van der Waals surface area contributed by atoms with E-state index >= 15 is 0 Å². The number of methoxy groups -OCH3 is 1. The number of carbonyl (C=O) groups excluding carboxylic acids is 2. The van der Waals surface area contributed by atoms with Crippen LogP contribution in [0, 0.1) is 5.82 Å². The molecule has 0 unspecified atom stereocenters. The number of para-hydroxylation sites is 1. The molecule has 0 saturated carbocycles. The van der Waals surface area contributed by atoms with E-state index in [1.165, 1.54) is 6.07 Å². The van der Waals surface area contributed by atoms with E-state index in [1.807, 2.05) is 24.3 Å². The second-order valence-corrected chi connectivity index (χ2v) is 6.53. The van der Waals surface area contributed by atoms with Crippen molar-refractivity contribution in [3.8, 4) is 5.75 Å². The Balaban J connectivity index is 1.53. The van der Waals surface area contributed by atoms with Gasteiger partial charge in [0.1, 0.15) is 11.6 Å². The van der Waals surface area contributed by atoms with Crippen LogP contribution in [0.15, 0.2) is 48.5 Å². The first-order valence-corrected chi connectivity index (χ1v) is 8.99. The summed E-state index contributed by atoms with van der Waals surface area (Å²) in [6.45, 7) is 1.15. The van der Waals surface area contributed by atoms with Crippen molar-refractivity contribution >= 4 is 11.8 Å². The summed E-state index contributed by atoms with van der Waals surface area (Å²) in [6, 6.07) is 14.0. The Kier molecular flexibility index (Phi) is 6.06. The first kappa shape index (κ1) is 18.9. The fraction of sp³-hybridized carbons (Fsp3) is 0.333. The molecular weight excluding hydrogens is 347 g/mol. The highest BCUT2D eigenvalue weighted by Crippen LogP contribution is 2.20. The minimum absolute atomic E-state index is 0.0409. The zero-order chi connectivity index (χ0) is 19.2. The average Bonchev–Trinajstić information content (AvgIpc) is 2.69. The molecule has 142 valence electrons. The molecule has 3 rings (SSSR count). The van der Waals surface area contributed by atoms with Gasteiger partial charge in [0.2, 0.25) is 11.8 Å². The summed E-state index contributed by atoms with van der Waals surface area (Å²) in [6.07, 6.45) is 0.882. The third-order valence-corrected chi connectivity index (χ3v) is 4.79. The topological polar surface area (TPSA) is 49.9 Å². The SMILES string of the molecule is COc1ccccc1CCC(=O)N1CCN(Cc2ccccc2F)C(=O)C1. The number of halogens is 1. The van der Waals surface area contributed by atoms with Gasteiger partial charge < -0.3 is 14.5 Å². The van der Waals surface area contributed by atoms with Crippen LogP contribution >= 0.6 is 0 Å². The van der Waals surface area contributed by atoms with E-state index in [0.29, 0.717) is 31.5 Å². The predicted octanol–water partition coefficient (Wildman–Crippen LogP) is 2.64. The zero-order valence-corrected chi connectivity index (χ0v) is 15.4.